The number of rotatable bonds is 3. The Bertz CT molecular complexity index is 396. The smallest absolute Gasteiger partial charge is 0.410 e. The summed E-state index contributed by atoms with van der Waals surface area (Å²) in [5.74, 6) is 0.333. The molecule has 0 aromatic carbocycles. The molecule has 1 atom stereocenters. The summed E-state index contributed by atoms with van der Waals surface area (Å²) in [5.41, 5.74) is 0.802. The normalized spacial score (nSPS) is 12.6. The van der Waals surface area contributed by atoms with Crippen molar-refractivity contribution in [2.75, 3.05) is 19.4 Å². The number of nitrogens with zero attached hydrogens (tertiary/aromatic N) is 2. The molecule has 0 spiro atoms. The molecule has 0 aliphatic carbocycles. The van der Waals surface area contributed by atoms with E-state index >= 15 is 0 Å². The van der Waals surface area contributed by atoms with Crippen LogP contribution in [0.2, 0.25) is 0 Å². The first kappa shape index (κ1) is 12.9. The lowest BCUT2D eigenvalue weighted by molar-refractivity contribution is 0.209. The van der Waals surface area contributed by atoms with Gasteiger partial charge in [-0.2, -0.15) is 0 Å². The van der Waals surface area contributed by atoms with Crippen LogP contribution in [-0.4, -0.2) is 35.2 Å². The molecule has 0 bridgehead atoms. The minimum Gasteiger partial charge on any atom is -0.465 e. The molecule has 2 N–H and O–H groups in total. The quantitative estimate of drug-likeness (QED) is 0.897. The minimum absolute atomic E-state index is 0.102. The van der Waals surface area contributed by atoms with Crippen LogP contribution >= 0.6 is 15.9 Å². The van der Waals surface area contributed by atoms with E-state index in [-0.39, 0.29) is 6.04 Å². The summed E-state index contributed by atoms with van der Waals surface area (Å²) in [5, 5.41) is 10.8. The average molecular weight is 288 g/mol. The summed E-state index contributed by atoms with van der Waals surface area (Å²) < 4.78 is 0.865. The van der Waals surface area contributed by atoms with E-state index in [1.807, 2.05) is 25.9 Å². The summed E-state index contributed by atoms with van der Waals surface area (Å²) >= 11 is 3.40. The summed E-state index contributed by atoms with van der Waals surface area (Å²) in [6.45, 7) is 2.00. The zero-order valence-electron chi connectivity index (χ0n) is 9.36. The zero-order chi connectivity index (χ0) is 12.3. The van der Waals surface area contributed by atoms with Crippen molar-refractivity contribution in [2.45, 2.75) is 13.0 Å². The first-order valence-electron chi connectivity index (χ1n) is 4.74. The number of halogens is 1. The van der Waals surface area contributed by atoms with Gasteiger partial charge in [-0.15, -0.1) is 0 Å². The van der Waals surface area contributed by atoms with Crippen molar-refractivity contribution in [1.82, 2.24) is 9.88 Å². The number of carbonyl (C=O) groups is 1. The summed E-state index contributed by atoms with van der Waals surface area (Å²) in [6.07, 6.45) is -1.11. The van der Waals surface area contributed by atoms with Gasteiger partial charge in [-0.3, -0.25) is 5.32 Å². The number of pyridine rings is 1. The highest BCUT2D eigenvalue weighted by Gasteiger charge is 2.14. The van der Waals surface area contributed by atoms with Crippen LogP contribution in [0, 0.1) is 0 Å². The van der Waals surface area contributed by atoms with Gasteiger partial charge in [0.05, 0.1) is 5.69 Å². The molecule has 6 heteroatoms. The van der Waals surface area contributed by atoms with Gasteiger partial charge in [0.15, 0.2) is 0 Å². The van der Waals surface area contributed by atoms with Gasteiger partial charge in [-0.05, 0) is 49.1 Å². The van der Waals surface area contributed by atoms with Crippen molar-refractivity contribution in [2.24, 2.45) is 0 Å². The Labute approximate surface area is 103 Å². The van der Waals surface area contributed by atoms with Crippen LogP contribution in [0.5, 0.6) is 0 Å². The Morgan fingerprint density at radius 2 is 2.19 bits per heavy atom. The van der Waals surface area contributed by atoms with Crippen molar-refractivity contribution in [3.8, 4) is 0 Å². The van der Waals surface area contributed by atoms with E-state index < -0.39 is 6.09 Å². The predicted octanol–water partition coefficient (Wildman–Crippen LogP) is 2.56. The van der Waals surface area contributed by atoms with Crippen LogP contribution in [0.25, 0.3) is 0 Å². The highest BCUT2D eigenvalue weighted by molar-refractivity contribution is 9.10. The van der Waals surface area contributed by atoms with Gasteiger partial charge in [-0.25, -0.2) is 9.78 Å². The Morgan fingerprint density at radius 3 is 2.69 bits per heavy atom. The van der Waals surface area contributed by atoms with Crippen LogP contribution in [0.15, 0.2) is 16.6 Å². The molecular weight excluding hydrogens is 274 g/mol. The Hall–Kier alpha value is -1.14. The molecule has 1 aromatic heterocycles. The lowest BCUT2D eigenvalue weighted by Gasteiger charge is -2.20. The molecule has 1 rings (SSSR count). The lowest BCUT2D eigenvalue weighted by Crippen LogP contribution is -2.19. The maximum Gasteiger partial charge on any atom is 0.410 e. The summed E-state index contributed by atoms with van der Waals surface area (Å²) in [4.78, 5) is 16.7. The van der Waals surface area contributed by atoms with Crippen LogP contribution < -0.4 is 5.32 Å². The number of nitrogens with one attached hydrogen (secondary N) is 1. The molecule has 1 unspecified atom stereocenters. The fraction of sp³-hybridized carbons (Fsp3) is 0.400. The molecule has 1 amide bonds. The second-order valence-corrected chi connectivity index (χ2v) is 4.49. The first-order valence-corrected chi connectivity index (χ1v) is 5.54. The standard InChI is InChI=1S/C10H14BrN3O2/c1-6(14(2)3)9-7(11)4-5-8(12-9)13-10(15)16/h4-6H,1-3H3,(H,12,13)(H,15,16). The first-order chi connectivity index (χ1) is 7.41. The fourth-order valence-electron chi connectivity index (χ4n) is 1.17. The number of aromatic nitrogens is 1. The van der Waals surface area contributed by atoms with E-state index in [0.717, 1.165) is 10.2 Å². The number of hydrogen-bond acceptors (Lipinski definition) is 3. The molecule has 0 saturated heterocycles. The van der Waals surface area contributed by atoms with Gasteiger partial charge >= 0.3 is 6.09 Å². The van der Waals surface area contributed by atoms with Gasteiger partial charge in [0, 0.05) is 10.5 Å². The number of hydrogen-bond donors (Lipinski definition) is 2. The van der Waals surface area contributed by atoms with Crippen molar-refractivity contribution >= 4 is 27.8 Å². The number of amides is 1. The van der Waals surface area contributed by atoms with Crippen molar-refractivity contribution in [3.05, 3.63) is 22.3 Å². The predicted molar refractivity (Wildman–Crippen MR) is 65.7 cm³/mol. The van der Waals surface area contributed by atoms with E-state index in [4.69, 9.17) is 5.11 Å². The molecular formula is C10H14BrN3O2. The van der Waals surface area contributed by atoms with E-state index in [9.17, 15) is 4.79 Å². The van der Waals surface area contributed by atoms with Crippen LogP contribution in [-0.2, 0) is 0 Å². The molecule has 88 valence electrons. The summed E-state index contributed by atoms with van der Waals surface area (Å²) in [7, 11) is 3.88. The number of anilines is 1. The molecule has 0 saturated carbocycles. The molecule has 1 aromatic rings. The molecule has 0 radical (unpaired) electrons. The second-order valence-electron chi connectivity index (χ2n) is 3.63. The molecule has 5 nitrogen and oxygen atoms in total. The SMILES string of the molecule is CC(c1nc(NC(=O)O)ccc1Br)N(C)C. The van der Waals surface area contributed by atoms with Crippen molar-refractivity contribution in [1.29, 1.82) is 0 Å². The average Bonchev–Trinajstić information content (AvgIpc) is 2.19. The highest BCUT2D eigenvalue weighted by atomic mass is 79.9. The van der Waals surface area contributed by atoms with Crippen LogP contribution in [0.1, 0.15) is 18.7 Å². The summed E-state index contributed by atoms with van der Waals surface area (Å²) in [6, 6.07) is 3.50. The van der Waals surface area contributed by atoms with Gasteiger partial charge in [0.2, 0.25) is 0 Å². The zero-order valence-corrected chi connectivity index (χ0v) is 10.9. The minimum atomic E-state index is -1.11. The van der Waals surface area contributed by atoms with Gasteiger partial charge < -0.3 is 10.0 Å². The molecule has 0 aliphatic rings. The van der Waals surface area contributed by atoms with Gasteiger partial charge in [-0.1, -0.05) is 0 Å². The molecule has 16 heavy (non-hydrogen) atoms. The molecule has 0 fully saturated rings. The van der Waals surface area contributed by atoms with E-state index in [1.54, 1.807) is 12.1 Å². The Kier molecular flexibility index (Phi) is 4.26. The largest absolute Gasteiger partial charge is 0.465 e. The Morgan fingerprint density at radius 1 is 1.56 bits per heavy atom. The topological polar surface area (TPSA) is 65.5 Å². The maximum atomic E-state index is 10.5. The van der Waals surface area contributed by atoms with Gasteiger partial charge in [0.25, 0.3) is 0 Å². The third-order valence-corrected chi connectivity index (χ3v) is 2.95. The Balaban J connectivity index is 3.03. The lowest BCUT2D eigenvalue weighted by atomic mass is 10.2. The third-order valence-electron chi connectivity index (χ3n) is 2.28. The van der Waals surface area contributed by atoms with Crippen LogP contribution in [0.4, 0.5) is 10.6 Å². The monoisotopic (exact) mass is 287 g/mol. The maximum absolute atomic E-state index is 10.5. The van der Waals surface area contributed by atoms with Crippen molar-refractivity contribution < 1.29 is 9.90 Å². The second kappa shape index (κ2) is 5.27. The van der Waals surface area contributed by atoms with E-state index in [1.165, 1.54) is 0 Å². The van der Waals surface area contributed by atoms with Crippen LogP contribution in [0.3, 0.4) is 0 Å². The van der Waals surface area contributed by atoms with E-state index in [2.05, 4.69) is 26.2 Å². The van der Waals surface area contributed by atoms with Gasteiger partial charge in [0.1, 0.15) is 5.82 Å². The molecule has 1 heterocycles. The molecule has 0 aliphatic heterocycles. The van der Waals surface area contributed by atoms with Crippen molar-refractivity contribution in [3.63, 3.8) is 0 Å². The number of carboxylic acid groups (broad SMARTS) is 1. The van der Waals surface area contributed by atoms with E-state index in [0.29, 0.717) is 5.82 Å². The fourth-order valence-corrected chi connectivity index (χ4v) is 1.73. The third kappa shape index (κ3) is 3.18. The highest BCUT2D eigenvalue weighted by Crippen LogP contribution is 2.25.